The molecule has 1 aromatic carbocycles. The van der Waals surface area contributed by atoms with E-state index < -0.39 is 11.6 Å². The smallest absolute Gasteiger partial charge is 0.130 e. The predicted molar refractivity (Wildman–Crippen MR) is 77.4 cm³/mol. The fraction of sp³-hybridized carbons (Fsp3) is 0.625. The van der Waals surface area contributed by atoms with E-state index >= 15 is 0 Å². The Kier molecular flexibility index (Phi) is 4.76. The molecule has 1 atom stereocenters. The first-order valence-electron chi connectivity index (χ1n) is 7.45. The van der Waals surface area contributed by atoms with Crippen LogP contribution in [0.5, 0.6) is 0 Å². The second-order valence-electron chi connectivity index (χ2n) is 5.81. The van der Waals surface area contributed by atoms with Gasteiger partial charge in [-0.05, 0) is 43.4 Å². The van der Waals surface area contributed by atoms with Gasteiger partial charge < -0.3 is 5.73 Å². The molecular weight excluding hydrogens is 258 g/mol. The standard InChI is InChI=1S/C16H24F2N2/c1-3-16(4-2)8-9-20(11-16)14(10-19)15-12(17)6-5-7-13(15)18/h5-7,14H,3-4,8-11,19H2,1-2H3. The van der Waals surface area contributed by atoms with Crippen molar-refractivity contribution in [2.75, 3.05) is 19.6 Å². The second kappa shape index (κ2) is 6.19. The predicted octanol–water partition coefficient (Wildman–Crippen LogP) is 3.48. The highest BCUT2D eigenvalue weighted by molar-refractivity contribution is 5.24. The lowest BCUT2D eigenvalue weighted by Gasteiger charge is -2.31. The third-order valence-corrected chi connectivity index (χ3v) is 4.96. The summed E-state index contributed by atoms with van der Waals surface area (Å²) in [6, 6.07) is 3.65. The van der Waals surface area contributed by atoms with E-state index in [1.807, 2.05) is 0 Å². The Labute approximate surface area is 120 Å². The molecule has 0 radical (unpaired) electrons. The van der Waals surface area contributed by atoms with Gasteiger partial charge >= 0.3 is 0 Å². The highest BCUT2D eigenvalue weighted by Crippen LogP contribution is 2.40. The summed E-state index contributed by atoms with van der Waals surface area (Å²) in [7, 11) is 0. The first kappa shape index (κ1) is 15.4. The molecule has 0 aromatic heterocycles. The van der Waals surface area contributed by atoms with Gasteiger partial charge in [0.15, 0.2) is 0 Å². The minimum atomic E-state index is -0.494. The number of rotatable bonds is 5. The van der Waals surface area contributed by atoms with Crippen LogP contribution in [0.2, 0.25) is 0 Å². The van der Waals surface area contributed by atoms with E-state index in [4.69, 9.17) is 5.73 Å². The molecule has 20 heavy (non-hydrogen) atoms. The average molecular weight is 282 g/mol. The van der Waals surface area contributed by atoms with Gasteiger partial charge in [0.2, 0.25) is 0 Å². The Bertz CT molecular complexity index is 438. The van der Waals surface area contributed by atoms with E-state index in [-0.39, 0.29) is 23.6 Å². The molecule has 1 heterocycles. The minimum absolute atomic E-state index is 0.123. The van der Waals surface area contributed by atoms with Crippen LogP contribution >= 0.6 is 0 Å². The molecule has 1 saturated heterocycles. The van der Waals surface area contributed by atoms with Gasteiger partial charge in [-0.2, -0.15) is 0 Å². The zero-order valence-corrected chi connectivity index (χ0v) is 12.3. The van der Waals surface area contributed by atoms with E-state index in [9.17, 15) is 8.78 Å². The van der Waals surface area contributed by atoms with E-state index in [0.29, 0.717) is 0 Å². The first-order chi connectivity index (χ1) is 9.56. The van der Waals surface area contributed by atoms with Crippen LogP contribution in [0.1, 0.15) is 44.7 Å². The van der Waals surface area contributed by atoms with Crippen LogP contribution in [0.25, 0.3) is 0 Å². The van der Waals surface area contributed by atoms with Crippen molar-refractivity contribution in [3.8, 4) is 0 Å². The highest BCUT2D eigenvalue weighted by atomic mass is 19.1. The largest absolute Gasteiger partial charge is 0.329 e. The maximum atomic E-state index is 14.0. The van der Waals surface area contributed by atoms with Crippen molar-refractivity contribution >= 4 is 0 Å². The van der Waals surface area contributed by atoms with Crippen molar-refractivity contribution in [3.05, 3.63) is 35.4 Å². The van der Waals surface area contributed by atoms with Crippen LogP contribution in [-0.4, -0.2) is 24.5 Å². The fourth-order valence-electron chi connectivity index (χ4n) is 3.34. The summed E-state index contributed by atoms with van der Waals surface area (Å²) in [4.78, 5) is 2.15. The van der Waals surface area contributed by atoms with E-state index in [0.717, 1.165) is 32.4 Å². The summed E-state index contributed by atoms with van der Waals surface area (Å²) in [6.45, 7) is 6.34. The summed E-state index contributed by atoms with van der Waals surface area (Å²) < 4.78 is 28.0. The summed E-state index contributed by atoms with van der Waals surface area (Å²) in [5.41, 5.74) is 6.21. The van der Waals surface area contributed by atoms with Crippen molar-refractivity contribution < 1.29 is 8.78 Å². The number of nitrogens with zero attached hydrogens (tertiary/aromatic N) is 1. The Morgan fingerprint density at radius 1 is 1.25 bits per heavy atom. The van der Waals surface area contributed by atoms with Gasteiger partial charge in [0.05, 0.1) is 6.04 Å². The highest BCUT2D eigenvalue weighted by Gasteiger charge is 2.38. The summed E-state index contributed by atoms with van der Waals surface area (Å²) >= 11 is 0. The summed E-state index contributed by atoms with van der Waals surface area (Å²) in [5.74, 6) is -0.989. The van der Waals surface area contributed by atoms with E-state index in [2.05, 4.69) is 18.7 Å². The van der Waals surface area contributed by atoms with E-state index in [1.54, 1.807) is 0 Å². The zero-order chi connectivity index (χ0) is 14.8. The van der Waals surface area contributed by atoms with Crippen LogP contribution in [-0.2, 0) is 0 Å². The number of nitrogens with two attached hydrogens (primary N) is 1. The van der Waals surface area contributed by atoms with Gasteiger partial charge in [0, 0.05) is 18.7 Å². The third kappa shape index (κ3) is 2.72. The maximum Gasteiger partial charge on any atom is 0.130 e. The SMILES string of the molecule is CCC1(CC)CCN(C(CN)c2c(F)cccc2F)C1. The number of benzene rings is 1. The second-order valence-corrected chi connectivity index (χ2v) is 5.81. The number of hydrogen-bond acceptors (Lipinski definition) is 2. The molecule has 1 aromatic rings. The number of halogens is 2. The van der Waals surface area contributed by atoms with Crippen LogP contribution in [0.4, 0.5) is 8.78 Å². The monoisotopic (exact) mass is 282 g/mol. The Balaban J connectivity index is 2.26. The molecule has 0 aliphatic carbocycles. The Hall–Kier alpha value is -1.00. The van der Waals surface area contributed by atoms with Gasteiger partial charge in [-0.25, -0.2) is 8.78 Å². The van der Waals surface area contributed by atoms with Crippen molar-refractivity contribution in [2.24, 2.45) is 11.1 Å². The lowest BCUT2D eigenvalue weighted by molar-refractivity contribution is 0.192. The number of hydrogen-bond donors (Lipinski definition) is 1. The van der Waals surface area contributed by atoms with Crippen molar-refractivity contribution in [1.82, 2.24) is 4.90 Å². The van der Waals surface area contributed by atoms with Gasteiger partial charge in [-0.15, -0.1) is 0 Å². The molecule has 0 spiro atoms. The Morgan fingerprint density at radius 3 is 2.30 bits per heavy atom. The molecule has 4 heteroatoms. The molecule has 1 fully saturated rings. The third-order valence-electron chi connectivity index (χ3n) is 4.96. The molecule has 0 amide bonds. The van der Waals surface area contributed by atoms with Gasteiger partial charge in [-0.3, -0.25) is 4.90 Å². The molecule has 1 aliphatic rings. The van der Waals surface area contributed by atoms with Crippen LogP contribution < -0.4 is 5.73 Å². The molecule has 2 nitrogen and oxygen atoms in total. The average Bonchev–Trinajstić information content (AvgIpc) is 2.88. The van der Waals surface area contributed by atoms with Gasteiger partial charge in [-0.1, -0.05) is 19.9 Å². The quantitative estimate of drug-likeness (QED) is 0.896. The lowest BCUT2D eigenvalue weighted by atomic mass is 9.82. The lowest BCUT2D eigenvalue weighted by Crippen LogP contribution is -2.35. The molecule has 112 valence electrons. The number of likely N-dealkylation sites (tertiary alicyclic amines) is 1. The molecular formula is C16H24F2N2. The van der Waals surface area contributed by atoms with Crippen LogP contribution in [0.3, 0.4) is 0 Å². The first-order valence-corrected chi connectivity index (χ1v) is 7.45. The van der Waals surface area contributed by atoms with Crippen LogP contribution in [0, 0.1) is 17.0 Å². The molecule has 1 aliphatic heterocycles. The van der Waals surface area contributed by atoms with Crippen molar-refractivity contribution in [3.63, 3.8) is 0 Å². The fourth-order valence-corrected chi connectivity index (χ4v) is 3.34. The zero-order valence-electron chi connectivity index (χ0n) is 12.3. The molecule has 2 rings (SSSR count). The molecule has 1 unspecified atom stereocenters. The van der Waals surface area contributed by atoms with E-state index in [1.165, 1.54) is 18.2 Å². The minimum Gasteiger partial charge on any atom is -0.329 e. The van der Waals surface area contributed by atoms with Gasteiger partial charge in [0.25, 0.3) is 0 Å². The maximum absolute atomic E-state index is 14.0. The molecule has 2 N–H and O–H groups in total. The van der Waals surface area contributed by atoms with Crippen LogP contribution in [0.15, 0.2) is 18.2 Å². The summed E-state index contributed by atoms with van der Waals surface area (Å²) in [6.07, 6.45) is 3.26. The summed E-state index contributed by atoms with van der Waals surface area (Å²) in [5, 5.41) is 0. The van der Waals surface area contributed by atoms with Gasteiger partial charge in [0.1, 0.15) is 11.6 Å². The molecule has 0 bridgehead atoms. The Morgan fingerprint density at radius 2 is 1.85 bits per heavy atom. The van der Waals surface area contributed by atoms with Crippen molar-refractivity contribution in [2.45, 2.75) is 39.2 Å². The molecule has 0 saturated carbocycles. The topological polar surface area (TPSA) is 29.3 Å². The van der Waals surface area contributed by atoms with Crippen molar-refractivity contribution in [1.29, 1.82) is 0 Å². The normalized spacial score (nSPS) is 20.2.